The number of Topliss-reactive ketones (excluding diaryl/α,β-unsaturated/α-hetero) is 3. The number of halogens is 1. The van der Waals surface area contributed by atoms with Crippen molar-refractivity contribution in [2.75, 3.05) is 0 Å². The topological polar surface area (TPSA) is 107 Å². The summed E-state index contributed by atoms with van der Waals surface area (Å²) in [6.07, 6.45) is 1.98. The summed E-state index contributed by atoms with van der Waals surface area (Å²) in [6, 6.07) is 9.68. The van der Waals surface area contributed by atoms with Gasteiger partial charge in [0.2, 0.25) is 0 Å². The standard InChI is InChI=1S/C23H18IN3O4/c1-13-5-17(26-19(6-13)14(2)29)10-23(31)21-8-15(12-28)7-18(27-21)11-22(30)20-9-16(24)3-4-25-20/h3-9,12H,10-11H2,1-2H3. The highest BCUT2D eigenvalue weighted by Crippen LogP contribution is 2.13. The molecule has 31 heavy (non-hydrogen) atoms. The Bertz CT molecular complexity index is 1210. The van der Waals surface area contributed by atoms with Crippen molar-refractivity contribution in [3.8, 4) is 0 Å². The SMILES string of the molecule is CC(=O)c1cc(C)cc(CC(=O)c2cc(C=O)cc(CC(=O)c3cc(I)ccn3)n2)n1. The van der Waals surface area contributed by atoms with Crippen LogP contribution in [0.25, 0.3) is 0 Å². The van der Waals surface area contributed by atoms with Gasteiger partial charge in [0.15, 0.2) is 17.3 Å². The summed E-state index contributed by atoms with van der Waals surface area (Å²) >= 11 is 2.09. The molecule has 3 rings (SSSR count). The first kappa shape index (κ1) is 22.5. The molecule has 0 N–H and O–H groups in total. The number of aromatic nitrogens is 3. The highest BCUT2D eigenvalue weighted by molar-refractivity contribution is 14.1. The number of carbonyl (C=O) groups is 4. The summed E-state index contributed by atoms with van der Waals surface area (Å²) in [4.78, 5) is 61.0. The molecule has 0 fully saturated rings. The van der Waals surface area contributed by atoms with E-state index in [1.165, 1.54) is 19.1 Å². The molecule has 0 atom stereocenters. The van der Waals surface area contributed by atoms with E-state index in [2.05, 4.69) is 37.5 Å². The van der Waals surface area contributed by atoms with Crippen molar-refractivity contribution < 1.29 is 19.2 Å². The van der Waals surface area contributed by atoms with E-state index < -0.39 is 0 Å². The maximum atomic E-state index is 12.8. The molecule has 0 amide bonds. The third-order valence-electron chi connectivity index (χ3n) is 4.40. The van der Waals surface area contributed by atoms with Crippen LogP contribution in [-0.2, 0) is 12.8 Å². The van der Waals surface area contributed by atoms with Gasteiger partial charge in [-0.1, -0.05) is 0 Å². The molecule has 0 unspecified atom stereocenters. The van der Waals surface area contributed by atoms with E-state index in [0.29, 0.717) is 23.4 Å². The Kier molecular flexibility index (Phi) is 7.11. The first-order valence-corrected chi connectivity index (χ1v) is 10.5. The molecule has 0 saturated heterocycles. The van der Waals surface area contributed by atoms with Gasteiger partial charge in [0, 0.05) is 33.6 Å². The van der Waals surface area contributed by atoms with Gasteiger partial charge in [0.25, 0.3) is 0 Å². The van der Waals surface area contributed by atoms with Crippen molar-refractivity contribution in [3.05, 3.63) is 85.8 Å². The average molecular weight is 527 g/mol. The second-order valence-electron chi connectivity index (χ2n) is 7.03. The molecular weight excluding hydrogens is 509 g/mol. The zero-order valence-corrected chi connectivity index (χ0v) is 19.0. The lowest BCUT2D eigenvalue weighted by Gasteiger charge is -2.07. The van der Waals surface area contributed by atoms with Crippen LogP contribution in [0.15, 0.2) is 42.6 Å². The molecule has 0 aliphatic carbocycles. The summed E-state index contributed by atoms with van der Waals surface area (Å²) in [7, 11) is 0. The maximum Gasteiger partial charge on any atom is 0.187 e. The van der Waals surface area contributed by atoms with E-state index in [1.54, 1.807) is 30.5 Å². The van der Waals surface area contributed by atoms with E-state index in [1.807, 2.05) is 6.92 Å². The minimum Gasteiger partial charge on any atom is -0.298 e. The summed E-state index contributed by atoms with van der Waals surface area (Å²) in [6.45, 7) is 3.23. The predicted molar refractivity (Wildman–Crippen MR) is 122 cm³/mol. The normalized spacial score (nSPS) is 10.5. The van der Waals surface area contributed by atoms with Crippen LogP contribution in [0.3, 0.4) is 0 Å². The van der Waals surface area contributed by atoms with Crippen LogP contribution in [0.2, 0.25) is 0 Å². The van der Waals surface area contributed by atoms with Gasteiger partial charge in [-0.05, 0) is 71.5 Å². The number of rotatable bonds is 8. The third kappa shape index (κ3) is 5.94. The van der Waals surface area contributed by atoms with Gasteiger partial charge in [-0.3, -0.25) is 24.2 Å². The number of hydrogen-bond donors (Lipinski definition) is 0. The molecule has 3 heterocycles. The summed E-state index contributed by atoms with van der Waals surface area (Å²) in [5.74, 6) is -0.820. The van der Waals surface area contributed by atoms with Gasteiger partial charge < -0.3 is 0 Å². The van der Waals surface area contributed by atoms with Crippen molar-refractivity contribution in [1.82, 2.24) is 15.0 Å². The van der Waals surface area contributed by atoms with E-state index in [-0.39, 0.29) is 47.1 Å². The van der Waals surface area contributed by atoms with Crippen LogP contribution in [0, 0.1) is 10.5 Å². The second-order valence-corrected chi connectivity index (χ2v) is 8.28. The molecule has 0 radical (unpaired) electrons. The van der Waals surface area contributed by atoms with Gasteiger partial charge in [0.1, 0.15) is 23.4 Å². The molecule has 0 aromatic carbocycles. The van der Waals surface area contributed by atoms with Crippen LogP contribution >= 0.6 is 22.6 Å². The number of aldehydes is 1. The molecule has 0 spiro atoms. The van der Waals surface area contributed by atoms with Crippen molar-refractivity contribution in [2.24, 2.45) is 0 Å². The monoisotopic (exact) mass is 527 g/mol. The molecule has 0 saturated carbocycles. The Morgan fingerprint density at radius 2 is 1.55 bits per heavy atom. The van der Waals surface area contributed by atoms with Crippen LogP contribution < -0.4 is 0 Å². The summed E-state index contributed by atoms with van der Waals surface area (Å²) in [5.41, 5.74) is 2.45. The maximum absolute atomic E-state index is 12.8. The Labute approximate surface area is 192 Å². The average Bonchev–Trinajstić information content (AvgIpc) is 2.72. The van der Waals surface area contributed by atoms with Gasteiger partial charge in [0.05, 0.1) is 12.8 Å². The summed E-state index contributed by atoms with van der Waals surface area (Å²) < 4.78 is 0.872. The quantitative estimate of drug-likeness (QED) is 0.250. The third-order valence-corrected chi connectivity index (χ3v) is 5.07. The first-order chi connectivity index (χ1) is 14.7. The second kappa shape index (κ2) is 9.78. The lowest BCUT2D eigenvalue weighted by molar-refractivity contribution is 0.0972. The minimum atomic E-state index is -0.364. The van der Waals surface area contributed by atoms with Gasteiger partial charge in [-0.15, -0.1) is 0 Å². The van der Waals surface area contributed by atoms with Crippen LogP contribution in [0.1, 0.15) is 65.7 Å². The Balaban J connectivity index is 1.86. The van der Waals surface area contributed by atoms with Crippen molar-refractivity contribution in [1.29, 1.82) is 0 Å². The lowest BCUT2D eigenvalue weighted by atomic mass is 10.0. The molecule has 3 aromatic rings. The molecule has 7 nitrogen and oxygen atoms in total. The largest absolute Gasteiger partial charge is 0.298 e. The van der Waals surface area contributed by atoms with Crippen LogP contribution in [0.4, 0.5) is 0 Å². The Morgan fingerprint density at radius 1 is 0.903 bits per heavy atom. The van der Waals surface area contributed by atoms with Gasteiger partial charge in [-0.25, -0.2) is 9.97 Å². The smallest absolute Gasteiger partial charge is 0.187 e. The van der Waals surface area contributed by atoms with Crippen molar-refractivity contribution >= 4 is 46.2 Å². The Hall–Kier alpha value is -3.14. The van der Waals surface area contributed by atoms with Crippen LogP contribution in [0.5, 0.6) is 0 Å². The fourth-order valence-electron chi connectivity index (χ4n) is 2.99. The molecule has 0 aliphatic heterocycles. The highest BCUT2D eigenvalue weighted by atomic mass is 127. The van der Waals surface area contributed by atoms with Crippen molar-refractivity contribution in [3.63, 3.8) is 0 Å². The van der Waals surface area contributed by atoms with E-state index >= 15 is 0 Å². The Morgan fingerprint density at radius 3 is 2.19 bits per heavy atom. The fourth-order valence-corrected chi connectivity index (χ4v) is 3.45. The number of ketones is 3. The van der Waals surface area contributed by atoms with E-state index in [9.17, 15) is 19.2 Å². The molecule has 0 aliphatic rings. The van der Waals surface area contributed by atoms with Gasteiger partial charge >= 0.3 is 0 Å². The van der Waals surface area contributed by atoms with Crippen LogP contribution in [-0.4, -0.2) is 38.6 Å². The number of aryl methyl sites for hydroxylation is 1. The number of carbonyl (C=O) groups excluding carboxylic acids is 4. The number of nitrogens with zero attached hydrogens (tertiary/aromatic N) is 3. The number of hydrogen-bond acceptors (Lipinski definition) is 7. The minimum absolute atomic E-state index is 0.0654. The lowest BCUT2D eigenvalue weighted by Crippen LogP contribution is -2.13. The molecular formula is C23H18IN3O4. The molecule has 156 valence electrons. The zero-order chi connectivity index (χ0) is 22.5. The fraction of sp³-hybridized carbons (Fsp3) is 0.174. The first-order valence-electron chi connectivity index (χ1n) is 9.37. The van der Waals surface area contributed by atoms with E-state index in [4.69, 9.17) is 0 Å². The van der Waals surface area contributed by atoms with E-state index in [0.717, 1.165) is 9.13 Å². The summed E-state index contributed by atoms with van der Waals surface area (Å²) in [5, 5.41) is 0. The molecule has 8 heteroatoms. The predicted octanol–water partition coefficient (Wildman–Crippen LogP) is 3.65. The zero-order valence-electron chi connectivity index (χ0n) is 16.9. The highest BCUT2D eigenvalue weighted by Gasteiger charge is 2.16. The number of pyridine rings is 3. The van der Waals surface area contributed by atoms with Crippen molar-refractivity contribution in [2.45, 2.75) is 26.7 Å². The molecule has 0 bridgehead atoms. The molecule has 3 aromatic heterocycles. The van der Waals surface area contributed by atoms with Gasteiger partial charge in [-0.2, -0.15) is 0 Å².